The Morgan fingerprint density at radius 1 is 1.19 bits per heavy atom. The molecule has 2 nitrogen and oxygen atoms in total. The van der Waals surface area contributed by atoms with Crippen molar-refractivity contribution in [1.29, 1.82) is 0 Å². The summed E-state index contributed by atoms with van der Waals surface area (Å²) in [6.45, 7) is 9.26. The molecule has 118 valence electrons. The van der Waals surface area contributed by atoms with Gasteiger partial charge in [0, 0.05) is 12.6 Å². The third-order valence-corrected chi connectivity index (χ3v) is 4.26. The first kappa shape index (κ1) is 16.4. The first-order valence-corrected chi connectivity index (χ1v) is 8.33. The van der Waals surface area contributed by atoms with Crippen LogP contribution in [0.1, 0.15) is 38.7 Å². The van der Waals surface area contributed by atoms with Crippen LogP contribution in [0.2, 0.25) is 0 Å². The van der Waals surface area contributed by atoms with E-state index in [0.717, 1.165) is 18.5 Å². The van der Waals surface area contributed by atoms with Gasteiger partial charge >= 0.3 is 0 Å². The average molecular weight is 292 g/mol. The minimum absolute atomic E-state index is 0.141. The van der Waals surface area contributed by atoms with E-state index in [-0.39, 0.29) is 5.82 Å². The fraction of sp³-hybridized carbons (Fsp3) is 0.667. The van der Waals surface area contributed by atoms with Crippen molar-refractivity contribution in [2.24, 2.45) is 5.92 Å². The Hall–Kier alpha value is -0.930. The molecular formula is C18H29FN2. The molecule has 2 atom stereocenters. The van der Waals surface area contributed by atoms with Crippen LogP contribution in [0.25, 0.3) is 0 Å². The van der Waals surface area contributed by atoms with Gasteiger partial charge in [0.1, 0.15) is 5.82 Å². The maximum absolute atomic E-state index is 13.2. The van der Waals surface area contributed by atoms with Gasteiger partial charge in [-0.15, -0.1) is 0 Å². The molecule has 3 heteroatoms. The number of benzene rings is 1. The van der Waals surface area contributed by atoms with Crippen molar-refractivity contribution in [1.82, 2.24) is 10.2 Å². The lowest BCUT2D eigenvalue weighted by Gasteiger charge is -2.29. The zero-order valence-electron chi connectivity index (χ0n) is 13.4. The van der Waals surface area contributed by atoms with Crippen LogP contribution >= 0.6 is 0 Å². The maximum atomic E-state index is 13.2. The summed E-state index contributed by atoms with van der Waals surface area (Å²) in [7, 11) is 0. The van der Waals surface area contributed by atoms with E-state index in [4.69, 9.17) is 0 Å². The predicted molar refractivity (Wildman–Crippen MR) is 87.0 cm³/mol. The second kappa shape index (κ2) is 8.50. The first-order chi connectivity index (χ1) is 10.1. The lowest BCUT2D eigenvalue weighted by Crippen LogP contribution is -2.39. The summed E-state index contributed by atoms with van der Waals surface area (Å²) in [6, 6.07) is 7.31. The van der Waals surface area contributed by atoms with E-state index in [9.17, 15) is 4.39 Å². The second-order valence-electron chi connectivity index (χ2n) is 6.61. The molecule has 1 heterocycles. The van der Waals surface area contributed by atoms with Crippen molar-refractivity contribution in [2.45, 2.75) is 45.6 Å². The predicted octanol–water partition coefficient (Wildman–Crippen LogP) is 3.47. The third kappa shape index (κ3) is 6.15. The van der Waals surface area contributed by atoms with Crippen LogP contribution in [0.3, 0.4) is 0 Å². The number of likely N-dealkylation sites (tertiary alicyclic amines) is 1. The van der Waals surface area contributed by atoms with Crippen LogP contribution in [-0.2, 0) is 6.42 Å². The highest BCUT2D eigenvalue weighted by molar-refractivity contribution is 5.17. The molecule has 1 N–H and O–H groups in total. The summed E-state index contributed by atoms with van der Waals surface area (Å²) in [5, 5.41) is 3.59. The summed E-state index contributed by atoms with van der Waals surface area (Å²) in [6.07, 6.45) is 4.99. The number of rotatable bonds is 7. The summed E-state index contributed by atoms with van der Waals surface area (Å²) >= 11 is 0. The van der Waals surface area contributed by atoms with Crippen LogP contribution in [0.4, 0.5) is 4.39 Å². The molecule has 0 saturated carbocycles. The molecule has 1 aromatic rings. The summed E-state index contributed by atoms with van der Waals surface area (Å²) in [4.78, 5) is 2.59. The molecule has 0 spiro atoms. The number of hydrogen-bond acceptors (Lipinski definition) is 2. The zero-order valence-corrected chi connectivity index (χ0v) is 13.4. The molecule has 21 heavy (non-hydrogen) atoms. The van der Waals surface area contributed by atoms with Crippen LogP contribution in [0, 0.1) is 11.7 Å². The molecule has 1 aliphatic heterocycles. The number of hydrogen-bond donors (Lipinski definition) is 1. The summed E-state index contributed by atoms with van der Waals surface area (Å²) < 4.78 is 13.2. The highest BCUT2D eigenvalue weighted by Crippen LogP contribution is 2.11. The van der Waals surface area contributed by atoms with Gasteiger partial charge in [-0.05, 0) is 69.4 Å². The fourth-order valence-electron chi connectivity index (χ4n) is 3.14. The molecule has 2 rings (SSSR count). The molecule has 0 aliphatic carbocycles. The van der Waals surface area contributed by atoms with Crippen molar-refractivity contribution in [2.75, 3.05) is 26.2 Å². The molecule has 0 amide bonds. The normalized spacial score (nSPS) is 19.4. The van der Waals surface area contributed by atoms with Crippen LogP contribution in [-0.4, -0.2) is 37.1 Å². The Balaban J connectivity index is 1.66. The molecule has 1 aliphatic rings. The second-order valence-corrected chi connectivity index (χ2v) is 6.61. The Labute approximate surface area is 128 Å². The van der Waals surface area contributed by atoms with Crippen molar-refractivity contribution >= 4 is 0 Å². The lowest BCUT2D eigenvalue weighted by molar-refractivity contribution is 0.197. The van der Waals surface area contributed by atoms with Crippen LogP contribution in [0.5, 0.6) is 0 Å². The van der Waals surface area contributed by atoms with E-state index in [2.05, 4.69) is 24.1 Å². The van der Waals surface area contributed by atoms with Gasteiger partial charge in [0.25, 0.3) is 0 Å². The van der Waals surface area contributed by atoms with Gasteiger partial charge in [-0.3, -0.25) is 0 Å². The van der Waals surface area contributed by atoms with Crippen molar-refractivity contribution in [3.63, 3.8) is 0 Å². The minimum Gasteiger partial charge on any atom is -0.314 e. The molecule has 1 fully saturated rings. The van der Waals surface area contributed by atoms with Crippen LogP contribution in [0.15, 0.2) is 24.3 Å². The monoisotopic (exact) mass is 292 g/mol. The smallest absolute Gasteiger partial charge is 0.123 e. The van der Waals surface area contributed by atoms with Gasteiger partial charge < -0.3 is 10.2 Å². The number of piperidine rings is 1. The highest BCUT2D eigenvalue weighted by Gasteiger charge is 2.14. The lowest BCUT2D eigenvalue weighted by atomic mass is 10.0. The van der Waals surface area contributed by atoms with Crippen molar-refractivity contribution in [3.8, 4) is 0 Å². The minimum atomic E-state index is -0.141. The Bertz CT molecular complexity index is 415. The van der Waals surface area contributed by atoms with Gasteiger partial charge in [0.2, 0.25) is 0 Å². The fourth-order valence-corrected chi connectivity index (χ4v) is 3.14. The van der Waals surface area contributed by atoms with E-state index in [1.807, 2.05) is 6.07 Å². The van der Waals surface area contributed by atoms with Gasteiger partial charge in [-0.2, -0.15) is 0 Å². The molecule has 0 aromatic heterocycles. The van der Waals surface area contributed by atoms with E-state index >= 15 is 0 Å². The van der Waals surface area contributed by atoms with E-state index in [0.29, 0.717) is 12.0 Å². The molecule has 1 aromatic carbocycles. The highest BCUT2D eigenvalue weighted by atomic mass is 19.1. The maximum Gasteiger partial charge on any atom is 0.123 e. The van der Waals surface area contributed by atoms with Gasteiger partial charge in [-0.1, -0.05) is 25.5 Å². The first-order valence-electron chi connectivity index (χ1n) is 8.33. The molecule has 2 unspecified atom stereocenters. The number of nitrogens with one attached hydrogen (secondary N) is 1. The Morgan fingerprint density at radius 3 is 2.67 bits per heavy atom. The van der Waals surface area contributed by atoms with E-state index in [1.165, 1.54) is 45.0 Å². The molecule has 1 saturated heterocycles. The molecule has 0 radical (unpaired) electrons. The standard InChI is InChI=1S/C18H29FN2/c1-15(14-21-9-4-3-5-10-21)13-20-16(2)11-17-7-6-8-18(19)12-17/h6-8,12,15-16,20H,3-5,9-11,13-14H2,1-2H3. The van der Waals surface area contributed by atoms with E-state index < -0.39 is 0 Å². The zero-order chi connectivity index (χ0) is 15.1. The molecule has 0 bridgehead atoms. The Morgan fingerprint density at radius 2 is 1.95 bits per heavy atom. The quantitative estimate of drug-likeness (QED) is 0.828. The Kier molecular flexibility index (Phi) is 6.65. The van der Waals surface area contributed by atoms with Gasteiger partial charge in [-0.25, -0.2) is 4.39 Å². The molecular weight excluding hydrogens is 263 g/mol. The van der Waals surface area contributed by atoms with Gasteiger partial charge in [0.05, 0.1) is 0 Å². The van der Waals surface area contributed by atoms with Crippen molar-refractivity contribution in [3.05, 3.63) is 35.6 Å². The average Bonchev–Trinajstić information content (AvgIpc) is 2.46. The van der Waals surface area contributed by atoms with Gasteiger partial charge in [0.15, 0.2) is 0 Å². The third-order valence-electron chi connectivity index (χ3n) is 4.26. The van der Waals surface area contributed by atoms with Crippen molar-refractivity contribution < 1.29 is 4.39 Å². The van der Waals surface area contributed by atoms with E-state index in [1.54, 1.807) is 12.1 Å². The topological polar surface area (TPSA) is 15.3 Å². The number of halogens is 1. The number of nitrogens with zero attached hydrogens (tertiary/aromatic N) is 1. The SMILES string of the molecule is CC(CNC(C)Cc1cccc(F)c1)CN1CCCCC1. The summed E-state index contributed by atoms with van der Waals surface area (Å²) in [5.74, 6) is 0.524. The summed E-state index contributed by atoms with van der Waals surface area (Å²) in [5.41, 5.74) is 1.07. The van der Waals surface area contributed by atoms with Crippen LogP contribution < -0.4 is 5.32 Å². The largest absolute Gasteiger partial charge is 0.314 e.